The molecule has 8 heteroatoms. The van der Waals surface area contributed by atoms with Gasteiger partial charge in [0.1, 0.15) is 0 Å². The molecule has 0 bridgehead atoms. The molecule has 0 saturated carbocycles. The molecule has 0 spiro atoms. The van der Waals surface area contributed by atoms with E-state index in [4.69, 9.17) is 9.47 Å². The summed E-state index contributed by atoms with van der Waals surface area (Å²) in [5, 5.41) is 1.28. The van der Waals surface area contributed by atoms with Crippen LogP contribution in [0.3, 0.4) is 0 Å². The van der Waals surface area contributed by atoms with E-state index < -0.39 is 18.3 Å². The summed E-state index contributed by atoms with van der Waals surface area (Å²) in [6.45, 7) is 1.32. The Bertz CT molecular complexity index is 489. The van der Waals surface area contributed by atoms with Gasteiger partial charge in [-0.3, -0.25) is 0 Å². The van der Waals surface area contributed by atoms with Crippen LogP contribution in [-0.2, 0) is 6.42 Å². The predicted molar refractivity (Wildman–Crippen MR) is 59.9 cm³/mol. The predicted octanol–water partition coefficient (Wildman–Crippen LogP) is 3.09. The Morgan fingerprint density at radius 2 is 1.80 bits per heavy atom. The number of alkyl halides is 5. The van der Waals surface area contributed by atoms with Crippen LogP contribution in [0.2, 0.25) is 0 Å². The molecule has 1 N–H and O–H groups in total. The normalized spacial score (nSPS) is 16.3. The summed E-state index contributed by atoms with van der Waals surface area (Å²) in [5.41, 5.74) is 0.576. The van der Waals surface area contributed by atoms with E-state index in [0.717, 1.165) is 0 Å². The molecule has 0 amide bonds. The Balaban J connectivity index is 2.00. The van der Waals surface area contributed by atoms with E-state index >= 15 is 0 Å². The van der Waals surface area contributed by atoms with Crippen molar-refractivity contribution >= 4 is 0 Å². The third-order valence-electron chi connectivity index (χ3n) is 2.76. The molecule has 1 aliphatic rings. The number of rotatable bonds is 4. The van der Waals surface area contributed by atoms with Gasteiger partial charge >= 0.3 is 12.2 Å². The number of halogens is 5. The zero-order chi connectivity index (χ0) is 15.0. The lowest BCUT2D eigenvalue weighted by atomic mass is 10.1. The van der Waals surface area contributed by atoms with Crippen molar-refractivity contribution in [3.63, 3.8) is 0 Å². The number of fused-ring (bicyclic) bond motifs is 1. The number of nitrogens with one attached hydrogen (secondary N) is 1. The minimum absolute atomic E-state index is 0.00229. The van der Waals surface area contributed by atoms with Crippen LogP contribution in [0.15, 0.2) is 18.2 Å². The molecule has 0 saturated heterocycles. The van der Waals surface area contributed by atoms with Crippen LogP contribution in [0, 0.1) is 0 Å². The summed E-state index contributed by atoms with van der Waals surface area (Å²) in [5.74, 6) is 0.979. The van der Waals surface area contributed by atoms with E-state index in [1.807, 2.05) is 0 Å². The van der Waals surface area contributed by atoms with Crippen molar-refractivity contribution in [2.45, 2.75) is 31.6 Å². The standard InChI is InChI=1S/C12H12F5NO2/c1-7(18-12(16,17)11(13,14)15)4-8-2-3-9-10(5-8)20-6-19-9/h2-3,5,7,18H,4,6H2,1H3. The molecule has 20 heavy (non-hydrogen) atoms. The minimum atomic E-state index is -5.61. The molecule has 1 heterocycles. The summed E-state index contributed by atoms with van der Waals surface area (Å²) >= 11 is 0. The first-order valence-corrected chi connectivity index (χ1v) is 5.80. The third kappa shape index (κ3) is 3.12. The van der Waals surface area contributed by atoms with Crippen molar-refractivity contribution in [3.8, 4) is 11.5 Å². The number of hydrogen-bond acceptors (Lipinski definition) is 3. The molecule has 0 fully saturated rings. The van der Waals surface area contributed by atoms with Crippen LogP contribution in [0.25, 0.3) is 0 Å². The fourth-order valence-electron chi connectivity index (χ4n) is 1.86. The lowest BCUT2D eigenvalue weighted by Gasteiger charge is -2.24. The smallest absolute Gasteiger partial charge is 0.454 e. The number of hydrogen-bond donors (Lipinski definition) is 1. The van der Waals surface area contributed by atoms with Crippen molar-refractivity contribution in [2.24, 2.45) is 0 Å². The summed E-state index contributed by atoms with van der Waals surface area (Å²) < 4.78 is 72.0. The Morgan fingerprint density at radius 1 is 1.15 bits per heavy atom. The average molecular weight is 297 g/mol. The highest BCUT2D eigenvalue weighted by atomic mass is 19.4. The van der Waals surface area contributed by atoms with Gasteiger partial charge in [0.15, 0.2) is 11.5 Å². The molecule has 0 radical (unpaired) electrons. The highest BCUT2D eigenvalue weighted by Crippen LogP contribution is 2.35. The van der Waals surface area contributed by atoms with Crippen LogP contribution in [0.5, 0.6) is 11.5 Å². The molecule has 0 aliphatic carbocycles. The SMILES string of the molecule is CC(Cc1ccc2c(c1)OCO2)NC(F)(F)C(F)(F)F. The van der Waals surface area contributed by atoms with E-state index in [2.05, 4.69) is 0 Å². The van der Waals surface area contributed by atoms with Crippen molar-refractivity contribution in [1.29, 1.82) is 0 Å². The van der Waals surface area contributed by atoms with E-state index in [0.29, 0.717) is 17.1 Å². The second-order valence-corrected chi connectivity index (χ2v) is 4.51. The third-order valence-corrected chi connectivity index (χ3v) is 2.76. The fourth-order valence-corrected chi connectivity index (χ4v) is 1.86. The molecule has 0 aromatic heterocycles. The minimum Gasteiger partial charge on any atom is -0.454 e. The number of benzene rings is 1. The molecular formula is C12H12F5NO2. The van der Waals surface area contributed by atoms with Gasteiger partial charge in [0, 0.05) is 6.04 Å². The molecule has 1 atom stereocenters. The van der Waals surface area contributed by atoms with E-state index in [1.165, 1.54) is 12.2 Å². The highest BCUT2D eigenvalue weighted by molar-refractivity contribution is 5.44. The Morgan fingerprint density at radius 3 is 2.45 bits per heavy atom. The molecule has 2 rings (SSSR count). The summed E-state index contributed by atoms with van der Waals surface area (Å²) in [4.78, 5) is 0. The maximum atomic E-state index is 12.8. The first-order chi connectivity index (χ1) is 9.19. The molecule has 3 nitrogen and oxygen atoms in total. The molecular weight excluding hydrogens is 285 g/mol. The van der Waals surface area contributed by atoms with Gasteiger partial charge in [-0.25, -0.2) is 5.32 Å². The van der Waals surface area contributed by atoms with Crippen LogP contribution in [0.4, 0.5) is 22.0 Å². The van der Waals surface area contributed by atoms with Crippen LogP contribution in [0.1, 0.15) is 12.5 Å². The Hall–Kier alpha value is -1.57. The summed E-state index contributed by atoms with van der Waals surface area (Å²) in [6.07, 6.45) is -5.61. The Labute approximate surface area is 111 Å². The zero-order valence-corrected chi connectivity index (χ0v) is 10.4. The molecule has 1 aromatic carbocycles. The maximum Gasteiger partial charge on any atom is 0.469 e. The van der Waals surface area contributed by atoms with Gasteiger partial charge in [-0.05, 0) is 31.0 Å². The van der Waals surface area contributed by atoms with Crippen LogP contribution < -0.4 is 14.8 Å². The molecule has 1 aliphatic heterocycles. The van der Waals surface area contributed by atoms with Gasteiger partial charge in [-0.2, -0.15) is 22.0 Å². The van der Waals surface area contributed by atoms with E-state index in [9.17, 15) is 22.0 Å². The van der Waals surface area contributed by atoms with Gasteiger partial charge in [0.2, 0.25) is 6.79 Å². The fraction of sp³-hybridized carbons (Fsp3) is 0.500. The van der Waals surface area contributed by atoms with Gasteiger partial charge in [-0.15, -0.1) is 0 Å². The van der Waals surface area contributed by atoms with Gasteiger partial charge in [0.25, 0.3) is 0 Å². The number of ether oxygens (including phenoxy) is 2. The topological polar surface area (TPSA) is 30.5 Å². The lowest BCUT2D eigenvalue weighted by Crippen LogP contribution is -2.53. The molecule has 1 aromatic rings. The summed E-state index contributed by atoms with van der Waals surface area (Å²) in [7, 11) is 0. The summed E-state index contributed by atoms with van der Waals surface area (Å²) in [6, 6.07) is -1.23. The van der Waals surface area contributed by atoms with Crippen LogP contribution in [-0.4, -0.2) is 25.1 Å². The average Bonchev–Trinajstić information content (AvgIpc) is 2.73. The first kappa shape index (κ1) is 14.8. The maximum absolute atomic E-state index is 12.8. The van der Waals surface area contributed by atoms with E-state index in [1.54, 1.807) is 18.2 Å². The molecule has 112 valence electrons. The second kappa shape index (κ2) is 5.08. The quantitative estimate of drug-likeness (QED) is 0.684. The monoisotopic (exact) mass is 297 g/mol. The van der Waals surface area contributed by atoms with Gasteiger partial charge in [-0.1, -0.05) is 6.07 Å². The lowest BCUT2D eigenvalue weighted by molar-refractivity contribution is -0.297. The van der Waals surface area contributed by atoms with Crippen molar-refractivity contribution in [2.75, 3.05) is 6.79 Å². The highest BCUT2D eigenvalue weighted by Gasteiger charge is 2.57. The van der Waals surface area contributed by atoms with Crippen LogP contribution >= 0.6 is 0 Å². The zero-order valence-electron chi connectivity index (χ0n) is 10.4. The van der Waals surface area contributed by atoms with Gasteiger partial charge in [0.05, 0.1) is 0 Å². The first-order valence-electron chi connectivity index (χ1n) is 5.80. The van der Waals surface area contributed by atoms with Crippen molar-refractivity contribution in [3.05, 3.63) is 23.8 Å². The van der Waals surface area contributed by atoms with Gasteiger partial charge < -0.3 is 9.47 Å². The van der Waals surface area contributed by atoms with Crippen molar-refractivity contribution < 1.29 is 31.4 Å². The van der Waals surface area contributed by atoms with Crippen molar-refractivity contribution in [1.82, 2.24) is 5.32 Å². The Kier molecular flexibility index (Phi) is 3.77. The molecule has 1 unspecified atom stereocenters. The largest absolute Gasteiger partial charge is 0.469 e. The van der Waals surface area contributed by atoms with E-state index in [-0.39, 0.29) is 13.2 Å². The second-order valence-electron chi connectivity index (χ2n) is 4.51.